The Hall–Kier alpha value is -0.910. The molecule has 0 aliphatic rings. The molecule has 0 bridgehead atoms. The van der Waals surface area contributed by atoms with Crippen LogP contribution in [0.2, 0.25) is 0 Å². The van der Waals surface area contributed by atoms with Crippen LogP contribution in [0.3, 0.4) is 0 Å². The third-order valence-corrected chi connectivity index (χ3v) is 4.05. The summed E-state index contributed by atoms with van der Waals surface area (Å²) in [6.45, 7) is -0.152. The van der Waals surface area contributed by atoms with Gasteiger partial charge in [-0.15, -0.1) is 0 Å². The number of sulfonamides is 1. The van der Waals surface area contributed by atoms with Crippen LogP contribution >= 0.6 is 0 Å². The SMILES string of the molecule is CNS(=O)(=O)C(CCO)c1ccccc1. The van der Waals surface area contributed by atoms with Crippen LogP contribution in [0.15, 0.2) is 30.3 Å². The molecular formula is C10H15NO3S. The third-order valence-electron chi connectivity index (χ3n) is 2.22. The average Bonchev–Trinajstić information content (AvgIpc) is 2.27. The molecule has 0 heterocycles. The van der Waals surface area contributed by atoms with E-state index in [9.17, 15) is 8.42 Å². The van der Waals surface area contributed by atoms with E-state index in [-0.39, 0.29) is 13.0 Å². The number of aliphatic hydroxyl groups excluding tert-OH is 1. The van der Waals surface area contributed by atoms with Crippen molar-refractivity contribution in [3.8, 4) is 0 Å². The summed E-state index contributed by atoms with van der Waals surface area (Å²) in [5, 5.41) is 8.18. The summed E-state index contributed by atoms with van der Waals surface area (Å²) in [5.41, 5.74) is 0.695. The molecule has 15 heavy (non-hydrogen) atoms. The van der Waals surface area contributed by atoms with Crippen molar-refractivity contribution in [2.24, 2.45) is 0 Å². The van der Waals surface area contributed by atoms with Gasteiger partial charge < -0.3 is 5.11 Å². The highest BCUT2D eigenvalue weighted by atomic mass is 32.2. The largest absolute Gasteiger partial charge is 0.396 e. The van der Waals surface area contributed by atoms with Gasteiger partial charge in [0, 0.05) is 6.61 Å². The zero-order chi connectivity index (χ0) is 11.3. The number of nitrogens with one attached hydrogen (secondary N) is 1. The summed E-state index contributed by atoms with van der Waals surface area (Å²) in [5.74, 6) is 0. The highest BCUT2D eigenvalue weighted by Gasteiger charge is 2.24. The lowest BCUT2D eigenvalue weighted by Gasteiger charge is -2.15. The Kier molecular flexibility index (Phi) is 4.26. The van der Waals surface area contributed by atoms with E-state index in [4.69, 9.17) is 5.11 Å². The van der Waals surface area contributed by atoms with Crippen LogP contribution in [-0.4, -0.2) is 27.2 Å². The quantitative estimate of drug-likeness (QED) is 0.779. The van der Waals surface area contributed by atoms with Crippen molar-refractivity contribution >= 4 is 10.0 Å². The van der Waals surface area contributed by atoms with E-state index < -0.39 is 15.3 Å². The van der Waals surface area contributed by atoms with Crippen LogP contribution in [0.25, 0.3) is 0 Å². The summed E-state index contributed by atoms with van der Waals surface area (Å²) >= 11 is 0. The molecule has 1 rings (SSSR count). The molecule has 0 spiro atoms. The Balaban J connectivity index is 3.04. The topological polar surface area (TPSA) is 66.4 Å². The monoisotopic (exact) mass is 229 g/mol. The van der Waals surface area contributed by atoms with Crippen LogP contribution in [0.4, 0.5) is 0 Å². The smallest absolute Gasteiger partial charge is 0.218 e. The van der Waals surface area contributed by atoms with Gasteiger partial charge in [-0.05, 0) is 19.0 Å². The highest BCUT2D eigenvalue weighted by molar-refractivity contribution is 7.89. The number of aliphatic hydroxyl groups is 1. The molecule has 0 aliphatic carbocycles. The van der Waals surface area contributed by atoms with E-state index in [1.165, 1.54) is 7.05 Å². The number of hydrogen-bond acceptors (Lipinski definition) is 3. The van der Waals surface area contributed by atoms with Gasteiger partial charge in [0.25, 0.3) is 0 Å². The predicted molar refractivity (Wildman–Crippen MR) is 58.9 cm³/mol. The van der Waals surface area contributed by atoms with E-state index in [2.05, 4.69) is 4.72 Å². The van der Waals surface area contributed by atoms with E-state index in [0.29, 0.717) is 5.56 Å². The standard InChI is InChI=1S/C10H15NO3S/c1-11-15(13,14)10(7-8-12)9-5-3-2-4-6-9/h2-6,10-12H,7-8H2,1H3. The second kappa shape index (κ2) is 5.25. The minimum atomic E-state index is -3.39. The fraction of sp³-hybridized carbons (Fsp3) is 0.400. The first-order valence-electron chi connectivity index (χ1n) is 4.70. The van der Waals surface area contributed by atoms with E-state index in [1.807, 2.05) is 6.07 Å². The fourth-order valence-electron chi connectivity index (χ4n) is 1.43. The molecule has 1 atom stereocenters. The van der Waals surface area contributed by atoms with Crippen LogP contribution < -0.4 is 4.72 Å². The number of hydrogen-bond donors (Lipinski definition) is 2. The second-order valence-corrected chi connectivity index (χ2v) is 5.23. The van der Waals surface area contributed by atoms with Crippen LogP contribution in [0, 0.1) is 0 Å². The number of rotatable bonds is 5. The minimum absolute atomic E-state index is 0.152. The molecule has 0 aliphatic heterocycles. The van der Waals surface area contributed by atoms with Crippen molar-refractivity contribution in [1.82, 2.24) is 4.72 Å². The molecule has 84 valence electrons. The zero-order valence-corrected chi connectivity index (χ0v) is 9.37. The average molecular weight is 229 g/mol. The molecule has 0 saturated carbocycles. The van der Waals surface area contributed by atoms with Gasteiger partial charge in [0.15, 0.2) is 0 Å². The minimum Gasteiger partial charge on any atom is -0.396 e. The molecule has 1 unspecified atom stereocenters. The van der Waals surface area contributed by atoms with Crippen molar-refractivity contribution in [3.05, 3.63) is 35.9 Å². The molecule has 1 aromatic carbocycles. The van der Waals surface area contributed by atoms with Crippen molar-refractivity contribution < 1.29 is 13.5 Å². The number of benzene rings is 1. The van der Waals surface area contributed by atoms with Gasteiger partial charge in [0.1, 0.15) is 5.25 Å². The van der Waals surface area contributed by atoms with Crippen molar-refractivity contribution in [2.45, 2.75) is 11.7 Å². The highest BCUT2D eigenvalue weighted by Crippen LogP contribution is 2.24. The van der Waals surface area contributed by atoms with E-state index in [1.54, 1.807) is 24.3 Å². The Morgan fingerprint density at radius 3 is 2.40 bits per heavy atom. The Morgan fingerprint density at radius 2 is 1.93 bits per heavy atom. The van der Waals surface area contributed by atoms with Gasteiger partial charge in [-0.1, -0.05) is 30.3 Å². The third kappa shape index (κ3) is 3.02. The second-order valence-electron chi connectivity index (χ2n) is 3.16. The first-order chi connectivity index (χ1) is 7.11. The molecule has 4 nitrogen and oxygen atoms in total. The predicted octanol–water partition coefficient (Wildman–Crippen LogP) is 0.659. The molecule has 0 radical (unpaired) electrons. The van der Waals surface area contributed by atoms with Crippen molar-refractivity contribution in [1.29, 1.82) is 0 Å². The fourth-order valence-corrected chi connectivity index (χ4v) is 2.64. The molecular weight excluding hydrogens is 214 g/mol. The molecule has 5 heteroatoms. The summed E-state index contributed by atoms with van der Waals surface area (Å²) in [7, 11) is -2.01. The molecule has 0 fully saturated rings. The maximum atomic E-state index is 11.7. The Bertz CT molecular complexity index is 388. The molecule has 0 aromatic heterocycles. The maximum Gasteiger partial charge on any atom is 0.218 e. The van der Waals surface area contributed by atoms with Gasteiger partial charge >= 0.3 is 0 Å². The van der Waals surface area contributed by atoms with Crippen molar-refractivity contribution in [3.63, 3.8) is 0 Å². The first kappa shape index (κ1) is 12.2. The molecule has 1 aromatic rings. The van der Waals surface area contributed by atoms with E-state index >= 15 is 0 Å². The van der Waals surface area contributed by atoms with E-state index in [0.717, 1.165) is 0 Å². The van der Waals surface area contributed by atoms with Crippen molar-refractivity contribution in [2.75, 3.05) is 13.7 Å². The first-order valence-corrected chi connectivity index (χ1v) is 6.24. The molecule has 0 saturated heterocycles. The lowest BCUT2D eigenvalue weighted by atomic mass is 10.1. The summed E-state index contributed by atoms with van der Waals surface area (Å²) in [6, 6.07) is 8.88. The summed E-state index contributed by atoms with van der Waals surface area (Å²) < 4.78 is 25.6. The Morgan fingerprint density at radius 1 is 1.33 bits per heavy atom. The lowest BCUT2D eigenvalue weighted by Crippen LogP contribution is -2.26. The lowest BCUT2D eigenvalue weighted by molar-refractivity contribution is 0.285. The maximum absolute atomic E-state index is 11.7. The zero-order valence-electron chi connectivity index (χ0n) is 8.55. The molecule has 0 amide bonds. The normalized spacial score (nSPS) is 13.7. The van der Waals surface area contributed by atoms with Gasteiger partial charge in [0.05, 0.1) is 0 Å². The molecule has 2 N–H and O–H groups in total. The van der Waals surface area contributed by atoms with Crippen LogP contribution in [0.1, 0.15) is 17.2 Å². The van der Waals surface area contributed by atoms with Crippen LogP contribution in [0.5, 0.6) is 0 Å². The van der Waals surface area contributed by atoms with Gasteiger partial charge in [-0.25, -0.2) is 13.1 Å². The van der Waals surface area contributed by atoms with Gasteiger partial charge in [0.2, 0.25) is 10.0 Å². The Labute approximate surface area is 90.0 Å². The van der Waals surface area contributed by atoms with Gasteiger partial charge in [-0.3, -0.25) is 0 Å². The van der Waals surface area contributed by atoms with Gasteiger partial charge in [-0.2, -0.15) is 0 Å². The van der Waals surface area contributed by atoms with Crippen LogP contribution in [-0.2, 0) is 10.0 Å². The summed E-state index contributed by atoms with van der Waals surface area (Å²) in [4.78, 5) is 0. The summed E-state index contributed by atoms with van der Waals surface area (Å²) in [6.07, 6.45) is 0.202.